The Morgan fingerprint density at radius 2 is 2.17 bits per heavy atom. The van der Waals surface area contributed by atoms with Crippen molar-refractivity contribution < 1.29 is 14.7 Å². The molecule has 0 saturated heterocycles. The number of carboxylic acids is 1. The van der Waals surface area contributed by atoms with Gasteiger partial charge in [0.25, 0.3) is 0 Å². The van der Waals surface area contributed by atoms with Gasteiger partial charge in [0, 0.05) is 6.42 Å². The number of carboxylic acid groups (broad SMARTS) is 1. The highest BCUT2D eigenvalue weighted by Crippen LogP contribution is 2.20. The van der Waals surface area contributed by atoms with Gasteiger partial charge < -0.3 is 10.4 Å². The highest BCUT2D eigenvalue weighted by atomic mass is 16.4. The van der Waals surface area contributed by atoms with Crippen molar-refractivity contribution in [1.82, 2.24) is 5.32 Å². The van der Waals surface area contributed by atoms with Crippen LogP contribution in [0.25, 0.3) is 0 Å². The van der Waals surface area contributed by atoms with Crippen LogP contribution in [0.2, 0.25) is 0 Å². The molecule has 0 radical (unpaired) electrons. The lowest BCUT2D eigenvalue weighted by Gasteiger charge is -2.21. The molecule has 18 heavy (non-hydrogen) atoms. The predicted molar refractivity (Wildman–Crippen MR) is 70.2 cm³/mol. The molecule has 1 aliphatic carbocycles. The van der Waals surface area contributed by atoms with Gasteiger partial charge in [0.15, 0.2) is 0 Å². The Kier molecular flexibility index (Phi) is 5.89. The van der Waals surface area contributed by atoms with Crippen molar-refractivity contribution in [1.29, 1.82) is 0 Å². The van der Waals surface area contributed by atoms with Gasteiger partial charge in [0.2, 0.25) is 5.91 Å². The summed E-state index contributed by atoms with van der Waals surface area (Å²) in [6.45, 7) is 3.77. The number of allylic oxidation sites excluding steroid dienone is 1. The summed E-state index contributed by atoms with van der Waals surface area (Å²) in [7, 11) is 0. The van der Waals surface area contributed by atoms with E-state index in [4.69, 9.17) is 5.11 Å². The molecule has 0 aromatic heterocycles. The van der Waals surface area contributed by atoms with Crippen LogP contribution in [0, 0.1) is 5.92 Å². The molecule has 4 heteroatoms. The van der Waals surface area contributed by atoms with Crippen molar-refractivity contribution in [2.75, 3.05) is 0 Å². The standard InChI is InChI=1S/C14H23NO3/c1-3-10(2)13(14(17)18)15-12(16)9-11-7-5-4-6-8-11/h7,10,13H,3-6,8-9H2,1-2H3,(H,15,16)(H,17,18)/t10?,13-/m0/s1. The third kappa shape index (κ3) is 4.51. The second kappa shape index (κ2) is 7.19. The number of hydrogen-bond acceptors (Lipinski definition) is 2. The Bertz CT molecular complexity index is 336. The van der Waals surface area contributed by atoms with E-state index in [0.717, 1.165) is 31.3 Å². The third-order valence-electron chi connectivity index (χ3n) is 3.57. The zero-order chi connectivity index (χ0) is 13.5. The maximum atomic E-state index is 11.8. The monoisotopic (exact) mass is 253 g/mol. The molecule has 102 valence electrons. The first-order valence-electron chi connectivity index (χ1n) is 6.74. The predicted octanol–water partition coefficient (Wildman–Crippen LogP) is 2.49. The van der Waals surface area contributed by atoms with E-state index in [1.54, 1.807) is 0 Å². The van der Waals surface area contributed by atoms with E-state index in [-0.39, 0.29) is 11.8 Å². The summed E-state index contributed by atoms with van der Waals surface area (Å²) in [6, 6.07) is -0.772. The van der Waals surface area contributed by atoms with Gasteiger partial charge in [-0.3, -0.25) is 4.79 Å². The molecule has 1 amide bonds. The Morgan fingerprint density at radius 1 is 1.44 bits per heavy atom. The first kappa shape index (κ1) is 14.7. The van der Waals surface area contributed by atoms with E-state index in [9.17, 15) is 9.59 Å². The summed E-state index contributed by atoms with van der Waals surface area (Å²) in [5.41, 5.74) is 1.15. The maximum Gasteiger partial charge on any atom is 0.326 e. The zero-order valence-electron chi connectivity index (χ0n) is 11.2. The third-order valence-corrected chi connectivity index (χ3v) is 3.57. The molecule has 0 saturated carbocycles. The summed E-state index contributed by atoms with van der Waals surface area (Å²) in [5.74, 6) is -1.17. The molecular weight excluding hydrogens is 230 g/mol. The average molecular weight is 253 g/mol. The lowest BCUT2D eigenvalue weighted by molar-refractivity contribution is -0.143. The molecule has 0 heterocycles. The minimum Gasteiger partial charge on any atom is -0.480 e. The first-order valence-corrected chi connectivity index (χ1v) is 6.74. The Hall–Kier alpha value is -1.32. The Labute approximate surface area is 108 Å². The van der Waals surface area contributed by atoms with E-state index < -0.39 is 12.0 Å². The average Bonchev–Trinajstić information content (AvgIpc) is 2.36. The number of rotatable bonds is 6. The second-order valence-corrected chi connectivity index (χ2v) is 5.05. The number of aliphatic carboxylic acids is 1. The van der Waals surface area contributed by atoms with Gasteiger partial charge in [-0.2, -0.15) is 0 Å². The largest absolute Gasteiger partial charge is 0.480 e. The van der Waals surface area contributed by atoms with Gasteiger partial charge in [-0.15, -0.1) is 0 Å². The molecule has 1 rings (SSSR count). The van der Waals surface area contributed by atoms with E-state index in [2.05, 4.69) is 11.4 Å². The SMILES string of the molecule is CCC(C)[C@H](NC(=O)CC1=CCCCC1)C(=O)O. The normalized spacial score (nSPS) is 18.7. The van der Waals surface area contributed by atoms with Crippen LogP contribution in [-0.2, 0) is 9.59 Å². The molecule has 0 spiro atoms. The molecule has 0 bridgehead atoms. The number of hydrogen-bond donors (Lipinski definition) is 2. The summed E-state index contributed by atoms with van der Waals surface area (Å²) >= 11 is 0. The lowest BCUT2D eigenvalue weighted by Crippen LogP contribution is -2.45. The van der Waals surface area contributed by atoms with Gasteiger partial charge in [0.05, 0.1) is 0 Å². The molecule has 2 N–H and O–H groups in total. The van der Waals surface area contributed by atoms with Crippen molar-refractivity contribution in [2.24, 2.45) is 5.92 Å². The highest BCUT2D eigenvalue weighted by Gasteiger charge is 2.25. The Morgan fingerprint density at radius 3 is 2.67 bits per heavy atom. The molecule has 2 atom stereocenters. The first-order chi connectivity index (χ1) is 8.54. The zero-order valence-corrected chi connectivity index (χ0v) is 11.2. The molecule has 0 aliphatic heterocycles. The fourth-order valence-electron chi connectivity index (χ4n) is 2.18. The van der Waals surface area contributed by atoms with Gasteiger partial charge in [-0.25, -0.2) is 4.79 Å². The van der Waals surface area contributed by atoms with E-state index in [1.807, 2.05) is 13.8 Å². The molecule has 1 unspecified atom stereocenters. The molecule has 4 nitrogen and oxygen atoms in total. The molecule has 0 aromatic rings. The lowest BCUT2D eigenvalue weighted by atomic mass is 9.96. The van der Waals surface area contributed by atoms with Crippen LogP contribution in [0.5, 0.6) is 0 Å². The number of amides is 1. The minimum atomic E-state index is -0.949. The quantitative estimate of drug-likeness (QED) is 0.715. The number of nitrogens with one attached hydrogen (secondary N) is 1. The summed E-state index contributed by atoms with van der Waals surface area (Å²) in [4.78, 5) is 22.9. The van der Waals surface area contributed by atoms with Crippen LogP contribution in [0.1, 0.15) is 52.4 Å². The van der Waals surface area contributed by atoms with Crippen molar-refractivity contribution in [3.63, 3.8) is 0 Å². The highest BCUT2D eigenvalue weighted by molar-refractivity contribution is 5.85. The van der Waals surface area contributed by atoms with Crippen molar-refractivity contribution in [2.45, 2.75) is 58.4 Å². The van der Waals surface area contributed by atoms with Crippen LogP contribution < -0.4 is 5.32 Å². The fourth-order valence-corrected chi connectivity index (χ4v) is 2.18. The summed E-state index contributed by atoms with van der Waals surface area (Å²) < 4.78 is 0. The molecule has 0 aromatic carbocycles. The second-order valence-electron chi connectivity index (χ2n) is 5.05. The van der Waals surface area contributed by atoms with E-state index in [1.165, 1.54) is 6.42 Å². The van der Waals surface area contributed by atoms with Crippen molar-refractivity contribution >= 4 is 11.9 Å². The minimum absolute atomic E-state index is 0.0493. The topological polar surface area (TPSA) is 66.4 Å². The van der Waals surface area contributed by atoms with Crippen molar-refractivity contribution in [3.05, 3.63) is 11.6 Å². The smallest absolute Gasteiger partial charge is 0.326 e. The fraction of sp³-hybridized carbons (Fsp3) is 0.714. The summed E-state index contributed by atoms with van der Waals surface area (Å²) in [6.07, 6.45) is 7.52. The number of carbonyl (C=O) groups excluding carboxylic acids is 1. The van der Waals surface area contributed by atoms with Gasteiger partial charge >= 0.3 is 5.97 Å². The van der Waals surface area contributed by atoms with Crippen molar-refractivity contribution in [3.8, 4) is 0 Å². The van der Waals surface area contributed by atoms with Crippen LogP contribution in [0.15, 0.2) is 11.6 Å². The van der Waals surface area contributed by atoms with Gasteiger partial charge in [0.1, 0.15) is 6.04 Å². The van der Waals surface area contributed by atoms with Crippen LogP contribution in [0.3, 0.4) is 0 Å². The van der Waals surface area contributed by atoms with E-state index in [0.29, 0.717) is 6.42 Å². The van der Waals surface area contributed by atoms with E-state index >= 15 is 0 Å². The Balaban J connectivity index is 2.50. The maximum absolute atomic E-state index is 11.8. The van der Waals surface area contributed by atoms with Crippen LogP contribution >= 0.6 is 0 Å². The van der Waals surface area contributed by atoms with Gasteiger partial charge in [-0.1, -0.05) is 31.9 Å². The molecule has 0 fully saturated rings. The van der Waals surface area contributed by atoms with Gasteiger partial charge in [-0.05, 0) is 31.6 Å². The molecule has 1 aliphatic rings. The summed E-state index contributed by atoms with van der Waals surface area (Å²) in [5, 5.41) is 11.7. The van der Waals surface area contributed by atoms with Crippen LogP contribution in [-0.4, -0.2) is 23.0 Å². The number of carbonyl (C=O) groups is 2. The molecular formula is C14H23NO3. The van der Waals surface area contributed by atoms with Crippen LogP contribution in [0.4, 0.5) is 0 Å².